The molecule has 2 N–H and O–H groups in total. The van der Waals surface area contributed by atoms with Crippen molar-refractivity contribution in [1.29, 1.82) is 0 Å². The molecule has 0 unspecified atom stereocenters. The number of carbonyl (C=O) groups is 2. The van der Waals surface area contributed by atoms with Crippen LogP contribution in [0.15, 0.2) is 12.1 Å². The van der Waals surface area contributed by atoms with Crippen LogP contribution in [0.2, 0.25) is 0 Å². The maximum absolute atomic E-state index is 14.0. The molecule has 11 heteroatoms. The van der Waals surface area contributed by atoms with E-state index in [1.165, 1.54) is 29.6 Å². The van der Waals surface area contributed by atoms with Crippen molar-refractivity contribution in [3.05, 3.63) is 46.3 Å². The number of amides is 3. The summed E-state index contributed by atoms with van der Waals surface area (Å²) in [6.07, 6.45) is -0.208. The van der Waals surface area contributed by atoms with Crippen LogP contribution in [0.5, 0.6) is 0 Å². The Morgan fingerprint density at radius 1 is 1.37 bits per heavy atom. The van der Waals surface area contributed by atoms with E-state index in [4.69, 9.17) is 4.84 Å². The van der Waals surface area contributed by atoms with Crippen molar-refractivity contribution in [2.75, 3.05) is 25.5 Å². The van der Waals surface area contributed by atoms with Gasteiger partial charge in [0.15, 0.2) is 0 Å². The van der Waals surface area contributed by atoms with E-state index < -0.39 is 29.7 Å². The summed E-state index contributed by atoms with van der Waals surface area (Å²) >= 11 is 0. The van der Waals surface area contributed by atoms with Gasteiger partial charge >= 0.3 is 6.03 Å². The van der Waals surface area contributed by atoms with E-state index in [-0.39, 0.29) is 30.9 Å². The minimum absolute atomic E-state index is 0.0989. The number of nitrogens with one attached hydrogen (secondary N) is 1. The molecule has 1 atom stereocenters. The highest BCUT2D eigenvalue weighted by Crippen LogP contribution is 2.27. The highest BCUT2D eigenvalue weighted by atomic mass is 19.1. The van der Waals surface area contributed by atoms with Gasteiger partial charge < -0.3 is 15.3 Å². The maximum atomic E-state index is 14.0. The second-order valence-corrected chi connectivity index (χ2v) is 7.35. The van der Waals surface area contributed by atoms with Gasteiger partial charge in [-0.05, 0) is 18.6 Å². The van der Waals surface area contributed by atoms with E-state index >= 15 is 0 Å². The molecule has 3 heterocycles. The summed E-state index contributed by atoms with van der Waals surface area (Å²) in [5.41, 5.74) is 1.67. The first-order chi connectivity index (χ1) is 14.3. The number of aryl methyl sites for hydroxylation is 1. The number of fused-ring (bicyclic) bond motifs is 3. The lowest BCUT2D eigenvalue weighted by atomic mass is 10.1. The molecule has 2 aliphatic heterocycles. The fraction of sp³-hybridized carbons (Fsp3) is 0.421. The number of carbonyl (C=O) groups excluding carboxylic acids is 2. The normalized spacial score (nSPS) is 18.7. The minimum Gasteiger partial charge on any atom is -0.393 e. The number of hydrogen-bond donors (Lipinski definition) is 2. The molecule has 2 aliphatic rings. The number of hydroxylamine groups is 2. The first-order valence-corrected chi connectivity index (χ1v) is 9.44. The second-order valence-electron chi connectivity index (χ2n) is 7.35. The molecule has 0 fully saturated rings. The number of nitrogens with zero attached hydrogens (tertiary/aromatic N) is 4. The smallest absolute Gasteiger partial charge is 0.322 e. The van der Waals surface area contributed by atoms with Crippen molar-refractivity contribution in [2.45, 2.75) is 32.5 Å². The third kappa shape index (κ3) is 3.50. The summed E-state index contributed by atoms with van der Waals surface area (Å²) in [6, 6.07) is 1.39. The summed E-state index contributed by atoms with van der Waals surface area (Å²) in [4.78, 5) is 32.3. The standard InChI is InChI=1S/C19H21F2N5O4/c1-10-5-16(14(21)6-13(10)20)22-19(29)25-4-3-15-12(8-25)17-18(28)24(2)30-11(9-27)7-26(17)23-15/h5-6,11,27H,3-4,7-9H2,1-2H3,(H,22,29)/t11-/m0/s1. The van der Waals surface area contributed by atoms with Crippen molar-refractivity contribution in [3.63, 3.8) is 0 Å². The SMILES string of the molecule is Cc1cc(NC(=O)N2CCc3nn4c(c3C2)C(=O)N(C)O[C@H](CO)C4)c(F)cc1F. The molecule has 160 valence electrons. The zero-order valence-electron chi connectivity index (χ0n) is 16.5. The largest absolute Gasteiger partial charge is 0.393 e. The van der Waals surface area contributed by atoms with Crippen LogP contribution in [0.25, 0.3) is 0 Å². The predicted molar refractivity (Wildman–Crippen MR) is 101 cm³/mol. The van der Waals surface area contributed by atoms with Crippen LogP contribution in [0, 0.1) is 18.6 Å². The number of halogens is 2. The fourth-order valence-electron chi connectivity index (χ4n) is 3.66. The Hall–Kier alpha value is -3.05. The van der Waals surface area contributed by atoms with Crippen molar-refractivity contribution in [2.24, 2.45) is 0 Å². The van der Waals surface area contributed by atoms with Gasteiger partial charge in [0.25, 0.3) is 5.91 Å². The van der Waals surface area contributed by atoms with Gasteiger partial charge in [0.05, 0.1) is 31.1 Å². The number of anilines is 1. The van der Waals surface area contributed by atoms with Crippen LogP contribution >= 0.6 is 0 Å². The topological polar surface area (TPSA) is 99.9 Å². The Kier molecular flexibility index (Phi) is 5.16. The zero-order chi connectivity index (χ0) is 21.6. The number of urea groups is 1. The van der Waals surface area contributed by atoms with E-state index in [0.717, 1.165) is 11.1 Å². The molecular formula is C19H21F2N5O4. The molecule has 9 nitrogen and oxygen atoms in total. The Morgan fingerprint density at radius 2 is 2.13 bits per heavy atom. The number of aliphatic hydroxyl groups excluding tert-OH is 1. The minimum atomic E-state index is -0.868. The third-order valence-corrected chi connectivity index (χ3v) is 5.25. The molecule has 1 aromatic heterocycles. The molecule has 0 saturated carbocycles. The molecule has 2 aromatic rings. The van der Waals surface area contributed by atoms with Crippen LogP contribution in [0.1, 0.15) is 27.3 Å². The third-order valence-electron chi connectivity index (χ3n) is 5.25. The first kappa shape index (κ1) is 20.2. The van der Waals surface area contributed by atoms with E-state index in [9.17, 15) is 23.5 Å². The summed E-state index contributed by atoms with van der Waals surface area (Å²) in [6.45, 7) is 1.81. The first-order valence-electron chi connectivity index (χ1n) is 9.44. The monoisotopic (exact) mass is 421 g/mol. The van der Waals surface area contributed by atoms with Crippen LogP contribution < -0.4 is 5.32 Å². The molecule has 1 aromatic carbocycles. The van der Waals surface area contributed by atoms with Crippen molar-refractivity contribution < 1.29 is 28.3 Å². The summed E-state index contributed by atoms with van der Waals surface area (Å²) in [5.74, 6) is -1.99. The molecule has 30 heavy (non-hydrogen) atoms. The van der Waals surface area contributed by atoms with E-state index in [2.05, 4.69) is 10.4 Å². The molecule has 0 bridgehead atoms. The molecule has 3 amide bonds. The van der Waals surface area contributed by atoms with Crippen LogP contribution in [-0.2, 0) is 24.3 Å². The molecule has 0 radical (unpaired) electrons. The summed E-state index contributed by atoms with van der Waals surface area (Å²) in [5, 5.41) is 17.4. The number of benzene rings is 1. The average molecular weight is 421 g/mol. The molecular weight excluding hydrogens is 400 g/mol. The van der Waals surface area contributed by atoms with Gasteiger partial charge in [-0.2, -0.15) is 5.10 Å². The number of rotatable bonds is 2. The van der Waals surface area contributed by atoms with Crippen LogP contribution in [0.4, 0.5) is 19.3 Å². The predicted octanol–water partition coefficient (Wildman–Crippen LogP) is 1.44. The van der Waals surface area contributed by atoms with Crippen molar-refractivity contribution in [1.82, 2.24) is 19.7 Å². The molecule has 0 saturated heterocycles. The lowest BCUT2D eigenvalue weighted by Gasteiger charge is -2.27. The van der Waals surface area contributed by atoms with Gasteiger partial charge in [-0.1, -0.05) is 0 Å². The number of hydrogen-bond acceptors (Lipinski definition) is 5. The Labute approximate surface area is 170 Å². The van der Waals surface area contributed by atoms with Crippen LogP contribution in [-0.4, -0.2) is 63.1 Å². The highest BCUT2D eigenvalue weighted by Gasteiger charge is 2.35. The van der Waals surface area contributed by atoms with E-state index in [1.54, 1.807) is 0 Å². The quantitative estimate of drug-likeness (QED) is 0.765. The lowest BCUT2D eigenvalue weighted by molar-refractivity contribution is -0.159. The molecule has 4 rings (SSSR count). The Morgan fingerprint density at radius 3 is 2.87 bits per heavy atom. The second kappa shape index (κ2) is 7.65. The number of aromatic nitrogens is 2. The fourth-order valence-corrected chi connectivity index (χ4v) is 3.66. The van der Waals surface area contributed by atoms with E-state index in [1.807, 2.05) is 0 Å². The molecule has 0 aliphatic carbocycles. The van der Waals surface area contributed by atoms with Gasteiger partial charge in [0.1, 0.15) is 23.4 Å². The van der Waals surface area contributed by atoms with Gasteiger partial charge in [0, 0.05) is 31.6 Å². The Bertz CT molecular complexity index is 1020. The maximum Gasteiger partial charge on any atom is 0.322 e. The summed E-state index contributed by atoms with van der Waals surface area (Å²) in [7, 11) is 1.45. The average Bonchev–Trinajstić information content (AvgIpc) is 3.01. The lowest BCUT2D eigenvalue weighted by Crippen LogP contribution is -2.40. The van der Waals surface area contributed by atoms with Gasteiger partial charge in [-0.3, -0.25) is 14.3 Å². The van der Waals surface area contributed by atoms with Gasteiger partial charge in [-0.15, -0.1) is 0 Å². The zero-order valence-corrected chi connectivity index (χ0v) is 16.5. The van der Waals surface area contributed by atoms with Gasteiger partial charge in [0.2, 0.25) is 0 Å². The summed E-state index contributed by atoms with van der Waals surface area (Å²) < 4.78 is 29.0. The van der Waals surface area contributed by atoms with Crippen molar-refractivity contribution in [3.8, 4) is 0 Å². The Balaban J connectivity index is 1.58. The van der Waals surface area contributed by atoms with Gasteiger partial charge in [-0.25, -0.2) is 18.6 Å². The van der Waals surface area contributed by atoms with Crippen molar-refractivity contribution >= 4 is 17.6 Å². The van der Waals surface area contributed by atoms with Crippen LogP contribution in [0.3, 0.4) is 0 Å². The van der Waals surface area contributed by atoms with E-state index in [0.29, 0.717) is 29.9 Å². The number of aliphatic hydroxyl groups is 1. The highest BCUT2D eigenvalue weighted by molar-refractivity contribution is 5.94. The molecule has 0 spiro atoms.